The van der Waals surface area contributed by atoms with E-state index in [0.717, 1.165) is 36.2 Å². The maximum Gasteiger partial charge on any atom is 0.244 e. The van der Waals surface area contributed by atoms with Gasteiger partial charge in [-0.05, 0) is 49.9 Å². The van der Waals surface area contributed by atoms with E-state index in [4.69, 9.17) is 16.3 Å². The summed E-state index contributed by atoms with van der Waals surface area (Å²) in [6.07, 6.45) is 5.36. The molecule has 0 aliphatic heterocycles. The molecular formula is C27H36ClN3O5S. The van der Waals surface area contributed by atoms with Crippen LogP contribution in [0.4, 0.5) is 5.69 Å². The number of hydrogen-bond donors (Lipinski definition) is 1. The van der Waals surface area contributed by atoms with Crippen LogP contribution >= 0.6 is 11.6 Å². The van der Waals surface area contributed by atoms with E-state index >= 15 is 0 Å². The van der Waals surface area contributed by atoms with Crippen molar-refractivity contribution >= 4 is 39.1 Å². The standard InChI is InChI=1S/C27H36ClN3O5S/c1-4-23(27(33)29-21-13-7-8-14-21)30(18-20-12-6-9-15-22(20)28)26(32)19-31(37(3,34)35)24-16-10-11-17-25(24)36-5-2/h6,9-12,15-17,21,23H,4-5,7-8,13-14,18-19H2,1-3H3,(H,29,33). The zero-order valence-electron chi connectivity index (χ0n) is 21.7. The number of nitrogens with one attached hydrogen (secondary N) is 1. The number of para-hydroxylation sites is 2. The minimum atomic E-state index is -3.86. The maximum atomic E-state index is 13.9. The van der Waals surface area contributed by atoms with E-state index in [1.807, 2.05) is 13.0 Å². The molecule has 0 radical (unpaired) electrons. The molecule has 8 nitrogen and oxygen atoms in total. The van der Waals surface area contributed by atoms with Crippen molar-refractivity contribution in [2.75, 3.05) is 23.7 Å². The van der Waals surface area contributed by atoms with E-state index in [0.29, 0.717) is 29.4 Å². The average Bonchev–Trinajstić information content (AvgIpc) is 3.36. The highest BCUT2D eigenvalue weighted by Gasteiger charge is 2.33. The second-order valence-corrected chi connectivity index (χ2v) is 11.5. The Morgan fingerprint density at radius 2 is 1.73 bits per heavy atom. The van der Waals surface area contributed by atoms with Gasteiger partial charge in [0.1, 0.15) is 18.3 Å². The third-order valence-electron chi connectivity index (χ3n) is 6.50. The zero-order valence-corrected chi connectivity index (χ0v) is 23.2. The van der Waals surface area contributed by atoms with E-state index in [1.54, 1.807) is 49.4 Å². The van der Waals surface area contributed by atoms with Gasteiger partial charge in [0.05, 0.1) is 18.6 Å². The minimum absolute atomic E-state index is 0.0693. The lowest BCUT2D eigenvalue weighted by Gasteiger charge is -2.33. The summed E-state index contributed by atoms with van der Waals surface area (Å²) in [4.78, 5) is 28.6. The third-order valence-corrected chi connectivity index (χ3v) is 7.99. The number of rotatable bonds is 12. The van der Waals surface area contributed by atoms with Gasteiger partial charge in [-0.2, -0.15) is 0 Å². The highest BCUT2D eigenvalue weighted by Crippen LogP contribution is 2.30. The number of anilines is 1. The first-order chi connectivity index (χ1) is 17.7. The predicted molar refractivity (Wildman–Crippen MR) is 146 cm³/mol. The van der Waals surface area contributed by atoms with Crippen LogP contribution in [0.15, 0.2) is 48.5 Å². The van der Waals surface area contributed by atoms with Crippen molar-refractivity contribution in [2.24, 2.45) is 0 Å². The predicted octanol–water partition coefficient (Wildman–Crippen LogP) is 4.37. The van der Waals surface area contributed by atoms with Crippen LogP contribution in [0, 0.1) is 0 Å². The number of ether oxygens (including phenoxy) is 1. The molecule has 0 saturated heterocycles. The number of benzene rings is 2. The van der Waals surface area contributed by atoms with Gasteiger partial charge >= 0.3 is 0 Å². The molecule has 0 bridgehead atoms. The number of amides is 2. The number of sulfonamides is 1. The molecule has 0 heterocycles. The topological polar surface area (TPSA) is 96.0 Å². The molecule has 1 unspecified atom stereocenters. The molecule has 0 spiro atoms. The highest BCUT2D eigenvalue weighted by molar-refractivity contribution is 7.92. The lowest BCUT2D eigenvalue weighted by Crippen LogP contribution is -2.53. The number of halogens is 1. The molecule has 1 fully saturated rings. The molecule has 2 amide bonds. The number of hydrogen-bond acceptors (Lipinski definition) is 5. The molecule has 1 saturated carbocycles. The van der Waals surface area contributed by atoms with Crippen LogP contribution in [0.2, 0.25) is 5.02 Å². The number of nitrogens with zero attached hydrogens (tertiary/aromatic N) is 2. The number of carbonyl (C=O) groups is 2. The summed E-state index contributed by atoms with van der Waals surface area (Å²) >= 11 is 6.41. The van der Waals surface area contributed by atoms with E-state index in [9.17, 15) is 18.0 Å². The zero-order chi connectivity index (χ0) is 27.0. The number of carbonyl (C=O) groups excluding carboxylic acids is 2. The van der Waals surface area contributed by atoms with Gasteiger partial charge in [-0.25, -0.2) is 8.42 Å². The van der Waals surface area contributed by atoms with Gasteiger partial charge in [-0.15, -0.1) is 0 Å². The maximum absolute atomic E-state index is 13.9. The Morgan fingerprint density at radius 3 is 2.35 bits per heavy atom. The van der Waals surface area contributed by atoms with Crippen molar-refractivity contribution in [3.8, 4) is 5.75 Å². The molecule has 2 aromatic carbocycles. The van der Waals surface area contributed by atoms with Crippen molar-refractivity contribution < 1.29 is 22.7 Å². The summed E-state index contributed by atoms with van der Waals surface area (Å²) in [5.74, 6) is -0.396. The Morgan fingerprint density at radius 1 is 1.08 bits per heavy atom. The summed E-state index contributed by atoms with van der Waals surface area (Å²) in [5, 5.41) is 3.55. The van der Waals surface area contributed by atoms with Gasteiger partial charge in [-0.3, -0.25) is 13.9 Å². The molecule has 0 aromatic heterocycles. The molecule has 1 aliphatic rings. The van der Waals surface area contributed by atoms with Crippen LogP contribution in [-0.4, -0.2) is 56.6 Å². The minimum Gasteiger partial charge on any atom is -0.492 e. The van der Waals surface area contributed by atoms with Crippen molar-refractivity contribution in [3.63, 3.8) is 0 Å². The van der Waals surface area contributed by atoms with Gasteiger partial charge in [0, 0.05) is 17.6 Å². The van der Waals surface area contributed by atoms with Gasteiger partial charge in [0.15, 0.2) is 0 Å². The fourth-order valence-corrected chi connectivity index (χ4v) is 5.68. The Labute approximate surface area is 225 Å². The molecule has 3 rings (SSSR count). The van der Waals surface area contributed by atoms with Gasteiger partial charge in [0.25, 0.3) is 0 Å². The highest BCUT2D eigenvalue weighted by atomic mass is 35.5. The van der Waals surface area contributed by atoms with Gasteiger partial charge in [0.2, 0.25) is 21.8 Å². The molecule has 1 atom stereocenters. The first kappa shape index (κ1) is 28.8. The van der Waals surface area contributed by atoms with Crippen LogP contribution in [0.25, 0.3) is 0 Å². The Kier molecular flexibility index (Phi) is 10.2. The second-order valence-electron chi connectivity index (χ2n) is 9.20. The van der Waals surface area contributed by atoms with Crippen molar-refractivity contribution in [1.29, 1.82) is 0 Å². The van der Waals surface area contributed by atoms with Crippen molar-refractivity contribution in [3.05, 3.63) is 59.1 Å². The lowest BCUT2D eigenvalue weighted by molar-refractivity contribution is -0.140. The summed E-state index contributed by atoms with van der Waals surface area (Å²) < 4.78 is 32.4. The monoisotopic (exact) mass is 549 g/mol. The van der Waals surface area contributed by atoms with Crippen LogP contribution in [0.1, 0.15) is 51.5 Å². The third kappa shape index (κ3) is 7.61. The Bertz CT molecular complexity index is 1180. The smallest absolute Gasteiger partial charge is 0.244 e. The lowest BCUT2D eigenvalue weighted by atomic mass is 10.1. The quantitative estimate of drug-likeness (QED) is 0.424. The normalized spacial score (nSPS) is 14.7. The fraction of sp³-hybridized carbons (Fsp3) is 0.481. The molecule has 10 heteroatoms. The molecule has 37 heavy (non-hydrogen) atoms. The van der Waals surface area contributed by atoms with Crippen molar-refractivity contribution in [1.82, 2.24) is 10.2 Å². The molecule has 1 N–H and O–H groups in total. The van der Waals surface area contributed by atoms with Gasteiger partial charge in [-0.1, -0.05) is 61.7 Å². The second kappa shape index (κ2) is 13.1. The van der Waals surface area contributed by atoms with Crippen LogP contribution < -0.4 is 14.4 Å². The molecule has 202 valence electrons. The summed E-state index contributed by atoms with van der Waals surface area (Å²) in [7, 11) is -3.86. The average molecular weight is 550 g/mol. The van der Waals surface area contributed by atoms with Crippen LogP contribution in [-0.2, 0) is 26.2 Å². The first-order valence-corrected chi connectivity index (χ1v) is 14.9. The largest absolute Gasteiger partial charge is 0.492 e. The van der Waals surface area contributed by atoms with E-state index < -0.39 is 28.5 Å². The molecule has 1 aliphatic carbocycles. The summed E-state index contributed by atoms with van der Waals surface area (Å²) in [6.45, 7) is 3.55. The molecule has 2 aromatic rings. The van der Waals surface area contributed by atoms with E-state index in [-0.39, 0.29) is 24.2 Å². The fourth-order valence-electron chi connectivity index (χ4n) is 4.63. The Hall–Kier alpha value is -2.78. The summed E-state index contributed by atoms with van der Waals surface area (Å²) in [6, 6.07) is 13.1. The van der Waals surface area contributed by atoms with E-state index in [2.05, 4.69) is 5.32 Å². The first-order valence-electron chi connectivity index (χ1n) is 12.7. The SMILES string of the molecule is CCOc1ccccc1N(CC(=O)N(Cc1ccccc1Cl)C(CC)C(=O)NC1CCCC1)S(C)(=O)=O. The summed E-state index contributed by atoms with van der Waals surface area (Å²) in [5.41, 5.74) is 0.937. The van der Waals surface area contributed by atoms with Crippen LogP contribution in [0.5, 0.6) is 5.75 Å². The van der Waals surface area contributed by atoms with Gasteiger partial charge < -0.3 is 15.0 Å². The van der Waals surface area contributed by atoms with E-state index in [1.165, 1.54) is 4.90 Å². The van der Waals surface area contributed by atoms with Crippen LogP contribution in [0.3, 0.4) is 0 Å². The molecular weight excluding hydrogens is 514 g/mol. The van der Waals surface area contributed by atoms with Crippen molar-refractivity contribution in [2.45, 2.75) is 64.6 Å². The Balaban J connectivity index is 1.96.